The molecule has 1 aromatic heterocycles. The van der Waals surface area contributed by atoms with Crippen molar-refractivity contribution < 1.29 is 27.1 Å². The van der Waals surface area contributed by atoms with Crippen LogP contribution >= 0.6 is 0 Å². The highest BCUT2D eigenvalue weighted by molar-refractivity contribution is 7.91. The highest BCUT2D eigenvalue weighted by atomic mass is 32.2. The number of sulfone groups is 1. The standard InChI is InChI=1S/C24H33F2N3O4S/c1-5-21-28-20(13-29(21)22-18(25)11-16(10-15(2)3)12-19(22)26)23(30)27-14-24(31)8-6-17(7-9-24)34(4,32)33/h11-13,15,17,31H,5-10,14H2,1-4H3,(H,27,30). The third-order valence-corrected chi connectivity index (χ3v) is 8.02. The zero-order chi connectivity index (χ0) is 25.3. The van der Waals surface area contributed by atoms with Crippen LogP contribution < -0.4 is 5.32 Å². The minimum absolute atomic E-state index is 0.0182. The minimum Gasteiger partial charge on any atom is -0.388 e. The number of hydrogen-bond donors (Lipinski definition) is 2. The molecule has 0 bridgehead atoms. The third-order valence-electron chi connectivity index (χ3n) is 6.34. The Labute approximate surface area is 199 Å². The smallest absolute Gasteiger partial charge is 0.271 e. The largest absolute Gasteiger partial charge is 0.388 e. The van der Waals surface area contributed by atoms with Gasteiger partial charge in [0.15, 0.2) is 11.6 Å². The van der Waals surface area contributed by atoms with E-state index in [0.717, 1.165) is 0 Å². The van der Waals surface area contributed by atoms with Gasteiger partial charge in [-0.25, -0.2) is 22.2 Å². The summed E-state index contributed by atoms with van der Waals surface area (Å²) in [7, 11) is -3.17. The van der Waals surface area contributed by atoms with Gasteiger partial charge in [0.25, 0.3) is 5.91 Å². The number of carbonyl (C=O) groups is 1. The Balaban J connectivity index is 1.75. The molecule has 0 unspecified atom stereocenters. The zero-order valence-electron chi connectivity index (χ0n) is 20.1. The van der Waals surface area contributed by atoms with Gasteiger partial charge in [-0.2, -0.15) is 0 Å². The van der Waals surface area contributed by atoms with Crippen LogP contribution in [-0.4, -0.2) is 52.6 Å². The maximum Gasteiger partial charge on any atom is 0.271 e. The van der Waals surface area contributed by atoms with Crippen LogP contribution in [0.3, 0.4) is 0 Å². The topological polar surface area (TPSA) is 101 Å². The second-order valence-electron chi connectivity index (χ2n) is 9.71. The number of benzene rings is 1. The molecule has 34 heavy (non-hydrogen) atoms. The number of hydrogen-bond acceptors (Lipinski definition) is 5. The summed E-state index contributed by atoms with van der Waals surface area (Å²) in [5.74, 6) is -1.47. The summed E-state index contributed by atoms with van der Waals surface area (Å²) < 4.78 is 54.4. The van der Waals surface area contributed by atoms with Crippen molar-refractivity contribution in [2.45, 2.75) is 70.1 Å². The van der Waals surface area contributed by atoms with E-state index >= 15 is 0 Å². The number of carbonyl (C=O) groups excluding carboxylic acids is 1. The predicted octanol–water partition coefficient (Wildman–Crippen LogP) is 3.36. The molecule has 1 heterocycles. The van der Waals surface area contributed by atoms with Crippen molar-refractivity contribution in [3.8, 4) is 5.69 Å². The Morgan fingerprint density at radius 1 is 1.26 bits per heavy atom. The van der Waals surface area contributed by atoms with E-state index in [1.165, 1.54) is 29.2 Å². The molecule has 7 nitrogen and oxygen atoms in total. The van der Waals surface area contributed by atoms with E-state index in [0.29, 0.717) is 37.1 Å². The molecule has 1 saturated carbocycles. The van der Waals surface area contributed by atoms with Crippen LogP contribution in [0.4, 0.5) is 8.78 Å². The molecule has 0 saturated heterocycles. The maximum atomic E-state index is 14.9. The number of aromatic nitrogens is 2. The first-order chi connectivity index (χ1) is 15.8. The molecule has 3 rings (SSSR count). The highest BCUT2D eigenvalue weighted by Crippen LogP contribution is 2.31. The fourth-order valence-corrected chi connectivity index (χ4v) is 5.57. The van der Waals surface area contributed by atoms with Gasteiger partial charge < -0.3 is 10.4 Å². The molecule has 0 radical (unpaired) electrons. The molecular formula is C24H33F2N3O4S. The van der Waals surface area contributed by atoms with Gasteiger partial charge in [0, 0.05) is 25.4 Å². The van der Waals surface area contributed by atoms with E-state index in [9.17, 15) is 27.1 Å². The van der Waals surface area contributed by atoms with Crippen molar-refractivity contribution in [2.24, 2.45) is 5.92 Å². The van der Waals surface area contributed by atoms with Crippen LogP contribution in [0.1, 0.15) is 68.3 Å². The van der Waals surface area contributed by atoms with Gasteiger partial charge in [-0.3, -0.25) is 9.36 Å². The van der Waals surface area contributed by atoms with Gasteiger partial charge >= 0.3 is 0 Å². The lowest BCUT2D eigenvalue weighted by Gasteiger charge is -2.35. The molecule has 2 aromatic rings. The number of nitrogens with zero attached hydrogens (tertiary/aromatic N) is 2. The summed E-state index contributed by atoms with van der Waals surface area (Å²) in [6.45, 7) is 5.64. The number of rotatable bonds is 8. The summed E-state index contributed by atoms with van der Waals surface area (Å²) in [6, 6.07) is 2.61. The molecule has 1 aliphatic rings. The lowest BCUT2D eigenvalue weighted by atomic mass is 9.84. The Morgan fingerprint density at radius 2 is 1.85 bits per heavy atom. The van der Waals surface area contributed by atoms with Crippen molar-refractivity contribution in [1.29, 1.82) is 0 Å². The van der Waals surface area contributed by atoms with Crippen molar-refractivity contribution in [3.05, 3.63) is 47.0 Å². The molecule has 2 N–H and O–H groups in total. The summed E-state index contributed by atoms with van der Waals surface area (Å²) in [5, 5.41) is 12.9. The number of aliphatic hydroxyl groups is 1. The molecule has 0 atom stereocenters. The third kappa shape index (κ3) is 6.02. The van der Waals surface area contributed by atoms with Gasteiger partial charge in [0.2, 0.25) is 0 Å². The van der Waals surface area contributed by atoms with Gasteiger partial charge in [-0.15, -0.1) is 0 Å². The number of halogens is 2. The van der Waals surface area contributed by atoms with E-state index < -0.39 is 38.2 Å². The van der Waals surface area contributed by atoms with Crippen LogP contribution in [0.15, 0.2) is 18.3 Å². The van der Waals surface area contributed by atoms with E-state index in [1.807, 2.05) is 13.8 Å². The monoisotopic (exact) mass is 497 g/mol. The number of aryl methyl sites for hydroxylation is 1. The fraction of sp³-hybridized carbons (Fsp3) is 0.583. The van der Waals surface area contributed by atoms with Gasteiger partial charge in [-0.05, 0) is 55.7 Å². The predicted molar refractivity (Wildman–Crippen MR) is 126 cm³/mol. The first-order valence-corrected chi connectivity index (χ1v) is 13.5. The van der Waals surface area contributed by atoms with Crippen LogP contribution in [0.25, 0.3) is 5.69 Å². The molecule has 1 fully saturated rings. The van der Waals surface area contributed by atoms with Gasteiger partial charge in [0.1, 0.15) is 27.0 Å². The number of amides is 1. The molecular weight excluding hydrogens is 464 g/mol. The SMILES string of the molecule is CCc1nc(C(=O)NCC2(O)CCC(S(C)(=O)=O)CC2)cn1-c1c(F)cc(CC(C)C)cc1F. The Bertz CT molecular complexity index is 1130. The maximum absolute atomic E-state index is 14.9. The normalized spacial score (nSPS) is 21.1. The Morgan fingerprint density at radius 3 is 2.35 bits per heavy atom. The van der Waals surface area contributed by atoms with E-state index in [1.54, 1.807) is 6.92 Å². The van der Waals surface area contributed by atoms with Crippen LogP contribution in [0.5, 0.6) is 0 Å². The second kappa shape index (κ2) is 10.1. The fourth-order valence-electron chi connectivity index (χ4n) is 4.48. The quantitative estimate of drug-likeness (QED) is 0.583. The molecule has 188 valence electrons. The van der Waals surface area contributed by atoms with E-state index in [4.69, 9.17) is 0 Å². The summed E-state index contributed by atoms with van der Waals surface area (Å²) in [5.41, 5.74) is -0.954. The molecule has 1 amide bonds. The summed E-state index contributed by atoms with van der Waals surface area (Å²) >= 11 is 0. The average Bonchev–Trinajstić information content (AvgIpc) is 3.15. The van der Waals surface area contributed by atoms with Crippen molar-refractivity contribution in [2.75, 3.05) is 12.8 Å². The average molecular weight is 498 g/mol. The first-order valence-electron chi connectivity index (χ1n) is 11.6. The summed E-state index contributed by atoms with van der Waals surface area (Å²) in [4.78, 5) is 17.0. The van der Waals surface area contributed by atoms with Crippen molar-refractivity contribution in [1.82, 2.24) is 14.9 Å². The molecule has 0 spiro atoms. The minimum atomic E-state index is -3.17. The van der Waals surface area contributed by atoms with Crippen molar-refractivity contribution >= 4 is 15.7 Å². The Kier molecular flexibility index (Phi) is 7.82. The second-order valence-corrected chi connectivity index (χ2v) is 12.0. The van der Waals surface area contributed by atoms with E-state index in [2.05, 4.69) is 10.3 Å². The lowest BCUT2D eigenvalue weighted by molar-refractivity contribution is 0.00607. The van der Waals surface area contributed by atoms with Crippen LogP contribution in [-0.2, 0) is 22.7 Å². The molecule has 1 aromatic carbocycles. The number of imidazole rings is 1. The van der Waals surface area contributed by atoms with E-state index in [-0.39, 0.29) is 36.7 Å². The first kappa shape index (κ1) is 26.3. The molecule has 10 heteroatoms. The van der Waals surface area contributed by atoms with Gasteiger partial charge in [-0.1, -0.05) is 20.8 Å². The zero-order valence-corrected chi connectivity index (χ0v) is 20.9. The molecule has 1 aliphatic carbocycles. The van der Waals surface area contributed by atoms with Gasteiger partial charge in [0.05, 0.1) is 10.9 Å². The number of nitrogens with one attached hydrogen (secondary N) is 1. The lowest BCUT2D eigenvalue weighted by Crippen LogP contribution is -2.47. The highest BCUT2D eigenvalue weighted by Gasteiger charge is 2.37. The summed E-state index contributed by atoms with van der Waals surface area (Å²) in [6.07, 6.45) is 4.52. The Hall–Kier alpha value is -2.33. The molecule has 0 aliphatic heterocycles. The van der Waals surface area contributed by atoms with Crippen molar-refractivity contribution in [3.63, 3.8) is 0 Å². The van der Waals surface area contributed by atoms with Crippen LogP contribution in [0.2, 0.25) is 0 Å². The van der Waals surface area contributed by atoms with Crippen LogP contribution in [0, 0.1) is 17.6 Å².